The van der Waals surface area contributed by atoms with Gasteiger partial charge in [-0.25, -0.2) is 0 Å². The van der Waals surface area contributed by atoms with E-state index < -0.39 is 0 Å². The van der Waals surface area contributed by atoms with Crippen LogP contribution in [0.25, 0.3) is 11.5 Å². The Bertz CT molecular complexity index is 485. The van der Waals surface area contributed by atoms with Gasteiger partial charge < -0.3 is 9.73 Å². The molecule has 1 N–H and O–H groups in total. The Morgan fingerprint density at radius 3 is 2.37 bits per heavy atom. The standard InChI is InChI=1S/C15H19N3O/c1-2-4-6-13(5-3-1)17-14-9-7-12(8-10-14)15-18-16-11-19-15/h7-11,13,17H,1-6H2. The molecular weight excluding hydrogens is 238 g/mol. The quantitative estimate of drug-likeness (QED) is 0.848. The topological polar surface area (TPSA) is 51.0 Å². The number of nitrogens with one attached hydrogen (secondary N) is 1. The summed E-state index contributed by atoms with van der Waals surface area (Å²) in [5.41, 5.74) is 2.14. The zero-order valence-electron chi connectivity index (χ0n) is 11.0. The van der Waals surface area contributed by atoms with E-state index >= 15 is 0 Å². The van der Waals surface area contributed by atoms with Crippen LogP contribution < -0.4 is 5.32 Å². The van der Waals surface area contributed by atoms with Crippen molar-refractivity contribution in [3.8, 4) is 11.5 Å². The highest BCUT2D eigenvalue weighted by atomic mass is 16.4. The van der Waals surface area contributed by atoms with E-state index in [-0.39, 0.29) is 0 Å². The fraction of sp³-hybridized carbons (Fsp3) is 0.467. The molecule has 100 valence electrons. The summed E-state index contributed by atoms with van der Waals surface area (Å²) in [6.07, 6.45) is 9.38. The molecule has 1 aliphatic carbocycles. The van der Waals surface area contributed by atoms with Gasteiger partial charge in [-0.2, -0.15) is 0 Å². The SMILES string of the molecule is c1nnc(-c2ccc(NC3CCCCCC3)cc2)o1. The molecule has 19 heavy (non-hydrogen) atoms. The second-order valence-electron chi connectivity index (χ2n) is 5.15. The van der Waals surface area contributed by atoms with E-state index in [4.69, 9.17) is 4.42 Å². The minimum absolute atomic E-state index is 0.570. The van der Waals surface area contributed by atoms with E-state index in [0.29, 0.717) is 11.9 Å². The lowest BCUT2D eigenvalue weighted by atomic mass is 10.1. The van der Waals surface area contributed by atoms with Crippen molar-refractivity contribution in [1.82, 2.24) is 10.2 Å². The maximum absolute atomic E-state index is 5.18. The van der Waals surface area contributed by atoms with Crippen molar-refractivity contribution >= 4 is 5.69 Å². The average molecular weight is 257 g/mol. The summed E-state index contributed by atoms with van der Waals surface area (Å²) in [6, 6.07) is 8.84. The number of nitrogens with zero attached hydrogens (tertiary/aromatic N) is 2. The van der Waals surface area contributed by atoms with Crippen LogP contribution in [0.1, 0.15) is 38.5 Å². The first kappa shape index (κ1) is 12.2. The van der Waals surface area contributed by atoms with Gasteiger partial charge in [0.2, 0.25) is 12.3 Å². The van der Waals surface area contributed by atoms with E-state index in [1.54, 1.807) is 0 Å². The fourth-order valence-electron chi connectivity index (χ4n) is 2.67. The zero-order valence-corrected chi connectivity index (χ0v) is 11.0. The zero-order chi connectivity index (χ0) is 12.9. The van der Waals surface area contributed by atoms with Crippen LogP contribution >= 0.6 is 0 Å². The predicted molar refractivity (Wildman–Crippen MR) is 74.8 cm³/mol. The summed E-state index contributed by atoms with van der Waals surface area (Å²) in [4.78, 5) is 0. The molecule has 1 saturated carbocycles. The molecule has 1 heterocycles. The molecule has 0 amide bonds. The molecule has 0 radical (unpaired) electrons. The highest BCUT2D eigenvalue weighted by molar-refractivity contribution is 5.58. The lowest BCUT2D eigenvalue weighted by molar-refractivity contribution is 0.568. The molecular formula is C15H19N3O. The fourth-order valence-corrected chi connectivity index (χ4v) is 2.67. The number of aromatic nitrogens is 2. The normalized spacial score (nSPS) is 17.1. The average Bonchev–Trinajstić information content (AvgIpc) is 2.86. The van der Waals surface area contributed by atoms with E-state index in [9.17, 15) is 0 Å². The number of rotatable bonds is 3. The molecule has 4 nitrogen and oxygen atoms in total. The first-order chi connectivity index (χ1) is 9.42. The van der Waals surface area contributed by atoms with Crippen molar-refractivity contribution in [1.29, 1.82) is 0 Å². The van der Waals surface area contributed by atoms with Gasteiger partial charge in [-0.3, -0.25) is 0 Å². The van der Waals surface area contributed by atoms with Gasteiger partial charge in [-0.15, -0.1) is 10.2 Å². The first-order valence-electron chi connectivity index (χ1n) is 7.05. The summed E-state index contributed by atoms with van der Waals surface area (Å²) in [5, 5.41) is 11.2. The maximum atomic E-state index is 5.18. The molecule has 0 aliphatic heterocycles. The summed E-state index contributed by atoms with van der Waals surface area (Å²) in [7, 11) is 0. The number of benzene rings is 1. The molecule has 1 aliphatic rings. The van der Waals surface area contributed by atoms with E-state index in [1.807, 2.05) is 12.1 Å². The number of hydrogen-bond acceptors (Lipinski definition) is 4. The summed E-state index contributed by atoms with van der Waals surface area (Å²) in [6.45, 7) is 0. The van der Waals surface area contributed by atoms with Crippen molar-refractivity contribution in [3.05, 3.63) is 30.7 Å². The van der Waals surface area contributed by atoms with E-state index in [1.165, 1.54) is 50.6 Å². The van der Waals surface area contributed by atoms with Gasteiger partial charge in [0.25, 0.3) is 0 Å². The molecule has 0 bridgehead atoms. The molecule has 0 unspecified atom stereocenters. The molecule has 3 rings (SSSR count). The highest BCUT2D eigenvalue weighted by Crippen LogP contribution is 2.23. The molecule has 2 aromatic rings. The Balaban J connectivity index is 1.65. The molecule has 0 spiro atoms. The molecule has 1 aromatic heterocycles. The first-order valence-corrected chi connectivity index (χ1v) is 7.05. The van der Waals surface area contributed by atoms with Crippen LogP contribution in [0.5, 0.6) is 0 Å². The second kappa shape index (κ2) is 5.87. The van der Waals surface area contributed by atoms with Crippen LogP contribution in [-0.2, 0) is 0 Å². The Hall–Kier alpha value is -1.84. The maximum Gasteiger partial charge on any atom is 0.247 e. The monoisotopic (exact) mass is 257 g/mol. The molecule has 1 fully saturated rings. The van der Waals surface area contributed by atoms with Gasteiger partial charge in [0.1, 0.15) is 0 Å². The minimum atomic E-state index is 0.570. The van der Waals surface area contributed by atoms with Crippen molar-refractivity contribution in [2.75, 3.05) is 5.32 Å². The Kier molecular flexibility index (Phi) is 3.77. The van der Waals surface area contributed by atoms with Crippen molar-refractivity contribution < 1.29 is 4.42 Å². The third-order valence-electron chi connectivity index (χ3n) is 3.72. The molecule has 0 saturated heterocycles. The van der Waals surface area contributed by atoms with E-state index in [2.05, 4.69) is 27.6 Å². The number of anilines is 1. The smallest absolute Gasteiger partial charge is 0.247 e. The predicted octanol–water partition coefficient (Wildman–Crippen LogP) is 3.87. The van der Waals surface area contributed by atoms with Gasteiger partial charge in [0.05, 0.1) is 0 Å². The summed E-state index contributed by atoms with van der Waals surface area (Å²) >= 11 is 0. The van der Waals surface area contributed by atoms with Crippen molar-refractivity contribution in [3.63, 3.8) is 0 Å². The van der Waals surface area contributed by atoms with E-state index in [0.717, 1.165) is 5.56 Å². The third-order valence-corrected chi connectivity index (χ3v) is 3.72. The van der Waals surface area contributed by atoms with Crippen LogP contribution in [-0.4, -0.2) is 16.2 Å². The Labute approximate surface area is 113 Å². The van der Waals surface area contributed by atoms with Crippen molar-refractivity contribution in [2.24, 2.45) is 0 Å². The lowest BCUT2D eigenvalue weighted by Gasteiger charge is -2.17. The summed E-state index contributed by atoms with van der Waals surface area (Å²) < 4.78 is 5.18. The molecule has 0 atom stereocenters. The van der Waals surface area contributed by atoms with Crippen LogP contribution in [0.15, 0.2) is 35.1 Å². The lowest BCUT2D eigenvalue weighted by Crippen LogP contribution is -2.17. The second-order valence-corrected chi connectivity index (χ2v) is 5.15. The number of hydrogen-bond donors (Lipinski definition) is 1. The van der Waals surface area contributed by atoms with Gasteiger partial charge in [0, 0.05) is 17.3 Å². The van der Waals surface area contributed by atoms with Crippen LogP contribution in [0.4, 0.5) is 5.69 Å². The Morgan fingerprint density at radius 2 is 1.74 bits per heavy atom. The van der Waals surface area contributed by atoms with Crippen LogP contribution in [0.2, 0.25) is 0 Å². The molecule has 1 aromatic carbocycles. The third kappa shape index (κ3) is 3.13. The Morgan fingerprint density at radius 1 is 1.00 bits per heavy atom. The van der Waals surface area contributed by atoms with Crippen molar-refractivity contribution in [2.45, 2.75) is 44.6 Å². The van der Waals surface area contributed by atoms with Crippen LogP contribution in [0.3, 0.4) is 0 Å². The van der Waals surface area contributed by atoms with Gasteiger partial charge in [0.15, 0.2) is 0 Å². The molecule has 4 heteroatoms. The minimum Gasteiger partial charge on any atom is -0.423 e. The largest absolute Gasteiger partial charge is 0.423 e. The van der Waals surface area contributed by atoms with Gasteiger partial charge in [-0.1, -0.05) is 25.7 Å². The van der Waals surface area contributed by atoms with Gasteiger partial charge >= 0.3 is 0 Å². The highest BCUT2D eigenvalue weighted by Gasteiger charge is 2.12. The van der Waals surface area contributed by atoms with Crippen LogP contribution in [0, 0.1) is 0 Å². The van der Waals surface area contributed by atoms with Gasteiger partial charge in [-0.05, 0) is 37.1 Å². The summed E-state index contributed by atoms with van der Waals surface area (Å²) in [5.74, 6) is 0.570.